The first kappa shape index (κ1) is 9.51. The highest BCUT2D eigenvalue weighted by atomic mass is 16.5. The molecule has 0 unspecified atom stereocenters. The predicted octanol–water partition coefficient (Wildman–Crippen LogP) is 1.74. The molecule has 0 aromatic carbocycles. The molecular weight excluding hydrogens is 178 g/mol. The van der Waals surface area contributed by atoms with E-state index in [1.165, 1.54) is 0 Å². The molecule has 2 fully saturated rings. The molecule has 0 N–H and O–H groups in total. The molecule has 0 aromatic heterocycles. The summed E-state index contributed by atoms with van der Waals surface area (Å²) in [5.41, 5.74) is 0. The summed E-state index contributed by atoms with van der Waals surface area (Å²) in [5, 5.41) is 9.02. The molecule has 3 heteroatoms. The van der Waals surface area contributed by atoms with Crippen LogP contribution in [-0.4, -0.2) is 12.6 Å². The number of rotatable bonds is 2. The van der Waals surface area contributed by atoms with Crippen LogP contribution in [0.2, 0.25) is 0 Å². The van der Waals surface area contributed by atoms with Gasteiger partial charge in [0.05, 0.1) is 24.5 Å². The predicted molar refractivity (Wildman–Crippen MR) is 50.1 cm³/mol. The van der Waals surface area contributed by atoms with Gasteiger partial charge < -0.3 is 4.74 Å². The smallest absolute Gasteiger partial charge is 0.310 e. The number of ether oxygens (including phenoxy) is 1. The fourth-order valence-corrected chi connectivity index (χ4v) is 3.05. The van der Waals surface area contributed by atoms with E-state index >= 15 is 0 Å². The van der Waals surface area contributed by atoms with Crippen molar-refractivity contribution in [2.75, 3.05) is 6.61 Å². The third-order valence-electron chi connectivity index (χ3n) is 3.62. The Morgan fingerprint density at radius 2 is 2.21 bits per heavy atom. The highest BCUT2D eigenvalue weighted by Crippen LogP contribution is 2.52. The number of hydrogen-bond donors (Lipinski definition) is 0. The lowest BCUT2D eigenvalue weighted by Gasteiger charge is -2.24. The van der Waals surface area contributed by atoms with Crippen molar-refractivity contribution in [3.05, 3.63) is 0 Å². The van der Waals surface area contributed by atoms with Gasteiger partial charge in [0.15, 0.2) is 0 Å². The van der Waals surface area contributed by atoms with Crippen LogP contribution < -0.4 is 0 Å². The van der Waals surface area contributed by atoms with Gasteiger partial charge in [0.2, 0.25) is 0 Å². The molecular formula is C11H15NO2. The Kier molecular flexibility index (Phi) is 2.45. The quantitative estimate of drug-likeness (QED) is 0.627. The molecule has 0 aliphatic heterocycles. The third-order valence-corrected chi connectivity index (χ3v) is 3.62. The van der Waals surface area contributed by atoms with Gasteiger partial charge in [-0.3, -0.25) is 4.79 Å². The van der Waals surface area contributed by atoms with Gasteiger partial charge in [-0.1, -0.05) is 0 Å². The van der Waals surface area contributed by atoms with Crippen LogP contribution in [0.4, 0.5) is 0 Å². The number of hydrogen-bond acceptors (Lipinski definition) is 3. The largest absolute Gasteiger partial charge is 0.466 e. The van der Waals surface area contributed by atoms with Crippen LogP contribution >= 0.6 is 0 Å². The second-order valence-electron chi connectivity index (χ2n) is 4.27. The topological polar surface area (TPSA) is 50.1 Å². The van der Waals surface area contributed by atoms with Crippen LogP contribution in [0.25, 0.3) is 0 Å². The molecule has 2 rings (SSSR count). The molecule has 4 atom stereocenters. The molecule has 3 nitrogen and oxygen atoms in total. The molecule has 2 saturated carbocycles. The van der Waals surface area contributed by atoms with Crippen molar-refractivity contribution in [3.8, 4) is 6.07 Å². The number of carbonyl (C=O) groups is 1. The van der Waals surface area contributed by atoms with Crippen LogP contribution in [0.15, 0.2) is 0 Å². The molecule has 0 heterocycles. The Hall–Kier alpha value is -1.04. The maximum absolute atomic E-state index is 11.6. The van der Waals surface area contributed by atoms with Gasteiger partial charge in [-0.15, -0.1) is 0 Å². The molecule has 0 amide bonds. The maximum atomic E-state index is 11.6. The van der Waals surface area contributed by atoms with Crippen LogP contribution in [0.3, 0.4) is 0 Å². The number of nitrogens with zero attached hydrogens (tertiary/aromatic N) is 1. The number of nitriles is 1. The number of fused-ring (bicyclic) bond motifs is 2. The van der Waals surface area contributed by atoms with Gasteiger partial charge >= 0.3 is 5.97 Å². The average Bonchev–Trinajstić information content (AvgIpc) is 2.76. The first-order valence-corrected chi connectivity index (χ1v) is 5.34. The van der Waals surface area contributed by atoms with Gasteiger partial charge in [0.25, 0.3) is 0 Å². The van der Waals surface area contributed by atoms with E-state index in [-0.39, 0.29) is 17.8 Å². The van der Waals surface area contributed by atoms with E-state index in [2.05, 4.69) is 6.07 Å². The van der Waals surface area contributed by atoms with Crippen LogP contribution in [0.5, 0.6) is 0 Å². The van der Waals surface area contributed by atoms with Crippen molar-refractivity contribution in [2.45, 2.75) is 26.2 Å². The van der Waals surface area contributed by atoms with E-state index in [1.807, 2.05) is 6.92 Å². The number of carbonyl (C=O) groups excluding carboxylic acids is 1. The summed E-state index contributed by atoms with van der Waals surface area (Å²) in [6.45, 7) is 2.23. The second kappa shape index (κ2) is 3.61. The minimum absolute atomic E-state index is 0.0761. The first-order valence-electron chi connectivity index (χ1n) is 5.34. The Balaban J connectivity index is 2.11. The standard InChI is InChI=1S/C11H15NO2/c1-2-14-11(13)10-8-4-3-7(5-8)9(10)6-12/h7-10H,2-5H2,1H3/t7-,8+,9+,10-/m1/s1. The van der Waals surface area contributed by atoms with Crippen molar-refractivity contribution in [3.63, 3.8) is 0 Å². The molecule has 2 bridgehead atoms. The Bertz CT molecular complexity index is 282. The summed E-state index contributed by atoms with van der Waals surface area (Å²) in [6, 6.07) is 2.28. The monoisotopic (exact) mass is 193 g/mol. The number of esters is 1. The summed E-state index contributed by atoms with van der Waals surface area (Å²) in [6.07, 6.45) is 3.28. The van der Waals surface area contributed by atoms with Crippen molar-refractivity contribution in [2.24, 2.45) is 23.7 Å². The summed E-state index contributed by atoms with van der Waals surface area (Å²) >= 11 is 0. The molecule has 0 aromatic rings. The summed E-state index contributed by atoms with van der Waals surface area (Å²) < 4.78 is 5.02. The van der Waals surface area contributed by atoms with Crippen molar-refractivity contribution in [1.82, 2.24) is 0 Å². The average molecular weight is 193 g/mol. The lowest BCUT2D eigenvalue weighted by atomic mass is 9.80. The normalized spacial score (nSPS) is 39.4. The van der Waals surface area contributed by atoms with Gasteiger partial charge in [-0.2, -0.15) is 5.26 Å². The SMILES string of the molecule is CCOC(=O)[C@@H]1[C@H]2CC[C@H](C2)[C@@H]1C#N. The molecule has 14 heavy (non-hydrogen) atoms. The zero-order valence-electron chi connectivity index (χ0n) is 8.40. The summed E-state index contributed by atoms with van der Waals surface area (Å²) in [5.74, 6) is 0.529. The molecule has 0 spiro atoms. The Labute approximate surface area is 84.0 Å². The maximum Gasteiger partial charge on any atom is 0.310 e. The third kappa shape index (κ3) is 1.30. The van der Waals surface area contributed by atoms with Gasteiger partial charge in [-0.05, 0) is 38.0 Å². The van der Waals surface area contributed by atoms with Crippen LogP contribution in [0, 0.1) is 35.0 Å². The van der Waals surface area contributed by atoms with E-state index in [0.29, 0.717) is 18.4 Å². The minimum Gasteiger partial charge on any atom is -0.466 e. The van der Waals surface area contributed by atoms with Gasteiger partial charge in [0.1, 0.15) is 0 Å². The van der Waals surface area contributed by atoms with Crippen molar-refractivity contribution >= 4 is 5.97 Å². The van der Waals surface area contributed by atoms with Gasteiger partial charge in [-0.25, -0.2) is 0 Å². The zero-order chi connectivity index (χ0) is 10.1. The molecule has 76 valence electrons. The highest BCUT2D eigenvalue weighted by molar-refractivity contribution is 5.74. The lowest BCUT2D eigenvalue weighted by Crippen LogP contribution is -2.30. The van der Waals surface area contributed by atoms with Crippen LogP contribution in [-0.2, 0) is 9.53 Å². The van der Waals surface area contributed by atoms with Gasteiger partial charge in [0, 0.05) is 0 Å². The van der Waals surface area contributed by atoms with E-state index in [4.69, 9.17) is 10.00 Å². The first-order chi connectivity index (χ1) is 6.77. The summed E-state index contributed by atoms with van der Waals surface area (Å²) in [7, 11) is 0. The van der Waals surface area contributed by atoms with E-state index < -0.39 is 0 Å². The minimum atomic E-state index is -0.147. The molecule has 2 aliphatic rings. The zero-order valence-corrected chi connectivity index (χ0v) is 8.40. The Morgan fingerprint density at radius 1 is 1.50 bits per heavy atom. The van der Waals surface area contributed by atoms with Crippen molar-refractivity contribution in [1.29, 1.82) is 5.26 Å². The highest BCUT2D eigenvalue weighted by Gasteiger charge is 2.51. The fourth-order valence-electron chi connectivity index (χ4n) is 3.05. The van der Waals surface area contributed by atoms with Crippen molar-refractivity contribution < 1.29 is 9.53 Å². The van der Waals surface area contributed by atoms with E-state index in [9.17, 15) is 4.79 Å². The molecule has 0 saturated heterocycles. The van der Waals surface area contributed by atoms with E-state index in [0.717, 1.165) is 19.3 Å². The molecule has 2 aliphatic carbocycles. The van der Waals surface area contributed by atoms with Crippen LogP contribution in [0.1, 0.15) is 26.2 Å². The lowest BCUT2D eigenvalue weighted by molar-refractivity contribution is -0.151. The summed E-state index contributed by atoms with van der Waals surface area (Å²) in [4.78, 5) is 11.6. The Morgan fingerprint density at radius 3 is 2.86 bits per heavy atom. The van der Waals surface area contributed by atoms with E-state index in [1.54, 1.807) is 0 Å². The molecule has 0 radical (unpaired) electrons. The fraction of sp³-hybridized carbons (Fsp3) is 0.818. The second-order valence-corrected chi connectivity index (χ2v) is 4.27.